The first-order valence-corrected chi connectivity index (χ1v) is 8.30. The van der Waals surface area contributed by atoms with Crippen molar-refractivity contribution in [3.63, 3.8) is 0 Å². The van der Waals surface area contributed by atoms with E-state index in [2.05, 4.69) is 10.4 Å². The van der Waals surface area contributed by atoms with E-state index in [0.29, 0.717) is 21.3 Å². The number of nitriles is 1. The summed E-state index contributed by atoms with van der Waals surface area (Å²) in [5.41, 5.74) is 1.86. The quantitative estimate of drug-likeness (QED) is 0.523. The summed E-state index contributed by atoms with van der Waals surface area (Å²) in [4.78, 5) is 12.3. The molecule has 3 aromatic rings. The molecule has 0 spiro atoms. The van der Waals surface area contributed by atoms with Crippen LogP contribution in [0.4, 0.5) is 5.69 Å². The third-order valence-electron chi connectivity index (χ3n) is 3.42. The molecule has 0 aliphatic rings. The van der Waals surface area contributed by atoms with Crippen LogP contribution in [-0.2, 0) is 4.79 Å². The zero-order valence-electron chi connectivity index (χ0n) is 13.4. The zero-order chi connectivity index (χ0) is 18.5. The first kappa shape index (κ1) is 17.7. The lowest BCUT2D eigenvalue weighted by atomic mass is 10.2. The van der Waals surface area contributed by atoms with E-state index in [4.69, 9.17) is 23.2 Å². The number of carbonyl (C=O) groups is 1. The van der Waals surface area contributed by atoms with E-state index in [0.717, 1.165) is 5.69 Å². The van der Waals surface area contributed by atoms with Gasteiger partial charge in [0.05, 0.1) is 11.9 Å². The smallest absolute Gasteiger partial charge is 0.266 e. The number of hydrogen-bond acceptors (Lipinski definition) is 3. The maximum Gasteiger partial charge on any atom is 0.266 e. The first-order valence-electron chi connectivity index (χ1n) is 7.54. The largest absolute Gasteiger partial charge is 0.321 e. The van der Waals surface area contributed by atoms with Gasteiger partial charge in [-0.25, -0.2) is 4.68 Å². The number of carbonyl (C=O) groups excluding carboxylic acids is 1. The van der Waals surface area contributed by atoms with Crippen LogP contribution in [0.3, 0.4) is 0 Å². The van der Waals surface area contributed by atoms with Crippen LogP contribution in [0.25, 0.3) is 11.8 Å². The molecule has 5 nitrogen and oxygen atoms in total. The Labute approximate surface area is 160 Å². The summed E-state index contributed by atoms with van der Waals surface area (Å²) in [6, 6.07) is 16.1. The molecule has 1 aromatic heterocycles. The number of amides is 1. The summed E-state index contributed by atoms with van der Waals surface area (Å²) in [7, 11) is 0. The minimum Gasteiger partial charge on any atom is -0.321 e. The molecule has 1 N–H and O–H groups in total. The molecular formula is C19H12Cl2N4O. The highest BCUT2D eigenvalue weighted by atomic mass is 35.5. The Kier molecular flexibility index (Phi) is 5.37. The molecule has 0 saturated carbocycles. The molecule has 0 aliphatic heterocycles. The van der Waals surface area contributed by atoms with E-state index in [1.807, 2.05) is 36.4 Å². The van der Waals surface area contributed by atoms with E-state index in [9.17, 15) is 10.1 Å². The van der Waals surface area contributed by atoms with Crippen molar-refractivity contribution >= 4 is 40.9 Å². The van der Waals surface area contributed by atoms with Crippen molar-refractivity contribution in [2.75, 3.05) is 5.32 Å². The number of benzene rings is 2. The first-order chi connectivity index (χ1) is 12.5. The molecule has 26 heavy (non-hydrogen) atoms. The Hall–Kier alpha value is -3.07. The Bertz CT molecular complexity index is 999. The summed E-state index contributed by atoms with van der Waals surface area (Å²) < 4.78 is 1.66. The van der Waals surface area contributed by atoms with Crippen molar-refractivity contribution in [1.82, 2.24) is 9.78 Å². The van der Waals surface area contributed by atoms with Crippen molar-refractivity contribution in [3.05, 3.63) is 82.1 Å². The Morgan fingerprint density at radius 1 is 1.15 bits per heavy atom. The van der Waals surface area contributed by atoms with Gasteiger partial charge in [0.25, 0.3) is 5.91 Å². The Balaban J connectivity index is 1.81. The summed E-state index contributed by atoms with van der Waals surface area (Å²) >= 11 is 11.8. The van der Waals surface area contributed by atoms with Gasteiger partial charge in [-0.3, -0.25) is 4.79 Å². The molecule has 0 atom stereocenters. The van der Waals surface area contributed by atoms with Crippen molar-refractivity contribution in [3.8, 4) is 11.8 Å². The van der Waals surface area contributed by atoms with Gasteiger partial charge < -0.3 is 5.32 Å². The molecule has 0 fully saturated rings. The summed E-state index contributed by atoms with van der Waals surface area (Å²) in [5.74, 6) is -0.557. The molecule has 0 radical (unpaired) electrons. The topological polar surface area (TPSA) is 70.7 Å². The lowest BCUT2D eigenvalue weighted by Gasteiger charge is -2.05. The minimum absolute atomic E-state index is 0.0614. The van der Waals surface area contributed by atoms with Gasteiger partial charge >= 0.3 is 0 Å². The predicted octanol–water partition coefficient (Wildman–Crippen LogP) is 4.72. The standard InChI is InChI=1S/C19H12Cl2N4O/c20-15-7-16(21)9-17(8-15)24-19(26)14(10-22)6-13-11-23-25(12-13)18-4-2-1-3-5-18/h1-9,11-12H,(H,24,26)/b14-6+. The number of nitrogens with one attached hydrogen (secondary N) is 1. The third-order valence-corrected chi connectivity index (χ3v) is 3.86. The normalized spacial score (nSPS) is 11.0. The average Bonchev–Trinajstić information content (AvgIpc) is 3.08. The number of rotatable bonds is 4. The maximum absolute atomic E-state index is 12.3. The van der Waals surface area contributed by atoms with Crippen LogP contribution >= 0.6 is 23.2 Å². The van der Waals surface area contributed by atoms with Crippen LogP contribution < -0.4 is 5.32 Å². The van der Waals surface area contributed by atoms with Gasteiger partial charge in [-0.15, -0.1) is 0 Å². The molecule has 2 aromatic carbocycles. The highest BCUT2D eigenvalue weighted by molar-refractivity contribution is 6.35. The number of aromatic nitrogens is 2. The van der Waals surface area contributed by atoms with Gasteiger partial charge in [-0.2, -0.15) is 10.4 Å². The molecule has 7 heteroatoms. The van der Waals surface area contributed by atoms with Crippen molar-refractivity contribution in [2.24, 2.45) is 0 Å². The summed E-state index contributed by atoms with van der Waals surface area (Å²) in [6.45, 7) is 0. The van der Waals surface area contributed by atoms with Crippen molar-refractivity contribution in [1.29, 1.82) is 5.26 Å². The van der Waals surface area contributed by atoms with E-state index in [-0.39, 0.29) is 5.57 Å². The minimum atomic E-state index is -0.557. The van der Waals surface area contributed by atoms with Gasteiger partial charge in [-0.1, -0.05) is 41.4 Å². The molecular weight excluding hydrogens is 371 g/mol. The van der Waals surface area contributed by atoms with Crippen LogP contribution in [-0.4, -0.2) is 15.7 Å². The molecule has 1 amide bonds. The van der Waals surface area contributed by atoms with Crippen molar-refractivity contribution < 1.29 is 4.79 Å². The number of anilines is 1. The van der Waals surface area contributed by atoms with E-state index >= 15 is 0 Å². The van der Waals surface area contributed by atoms with Crippen LogP contribution in [0.15, 0.2) is 66.5 Å². The summed E-state index contributed by atoms with van der Waals surface area (Å²) in [6.07, 6.45) is 4.78. The predicted molar refractivity (Wildman–Crippen MR) is 102 cm³/mol. The average molecular weight is 383 g/mol. The molecule has 128 valence electrons. The molecule has 0 bridgehead atoms. The van der Waals surface area contributed by atoms with Gasteiger partial charge in [0.15, 0.2) is 0 Å². The molecule has 0 saturated heterocycles. The van der Waals surface area contributed by atoms with Gasteiger partial charge in [0.1, 0.15) is 11.6 Å². The lowest BCUT2D eigenvalue weighted by Crippen LogP contribution is -2.13. The van der Waals surface area contributed by atoms with E-state index in [1.54, 1.807) is 35.3 Å². The highest BCUT2D eigenvalue weighted by Gasteiger charge is 2.11. The van der Waals surface area contributed by atoms with Gasteiger partial charge in [-0.05, 0) is 36.4 Å². The van der Waals surface area contributed by atoms with Crippen LogP contribution in [0.2, 0.25) is 10.0 Å². The second-order valence-electron chi connectivity index (χ2n) is 5.34. The summed E-state index contributed by atoms with van der Waals surface area (Å²) in [5, 5.41) is 16.9. The zero-order valence-corrected chi connectivity index (χ0v) is 14.9. The Morgan fingerprint density at radius 2 is 1.85 bits per heavy atom. The van der Waals surface area contributed by atoms with E-state index < -0.39 is 5.91 Å². The highest BCUT2D eigenvalue weighted by Crippen LogP contribution is 2.23. The monoisotopic (exact) mass is 382 g/mol. The molecule has 0 unspecified atom stereocenters. The number of halogens is 2. The molecule has 0 aliphatic carbocycles. The maximum atomic E-state index is 12.3. The molecule has 3 rings (SSSR count). The lowest BCUT2D eigenvalue weighted by molar-refractivity contribution is -0.112. The van der Waals surface area contributed by atoms with Crippen LogP contribution in [0.1, 0.15) is 5.56 Å². The van der Waals surface area contributed by atoms with Gasteiger partial charge in [0.2, 0.25) is 0 Å². The SMILES string of the molecule is N#C/C(=C\c1cnn(-c2ccccc2)c1)C(=O)Nc1cc(Cl)cc(Cl)c1. The number of hydrogen-bond donors (Lipinski definition) is 1. The Morgan fingerprint density at radius 3 is 2.50 bits per heavy atom. The second kappa shape index (κ2) is 7.87. The fourth-order valence-electron chi connectivity index (χ4n) is 2.27. The van der Waals surface area contributed by atoms with Crippen LogP contribution in [0.5, 0.6) is 0 Å². The second-order valence-corrected chi connectivity index (χ2v) is 6.21. The van der Waals surface area contributed by atoms with Crippen LogP contribution in [0, 0.1) is 11.3 Å². The third kappa shape index (κ3) is 4.31. The number of para-hydroxylation sites is 1. The van der Waals surface area contributed by atoms with E-state index in [1.165, 1.54) is 6.08 Å². The fraction of sp³-hybridized carbons (Fsp3) is 0. The number of nitrogens with zero attached hydrogens (tertiary/aromatic N) is 3. The van der Waals surface area contributed by atoms with Gasteiger partial charge in [0, 0.05) is 27.5 Å². The van der Waals surface area contributed by atoms with Crippen molar-refractivity contribution in [2.45, 2.75) is 0 Å². The molecule has 1 heterocycles. The fourth-order valence-corrected chi connectivity index (χ4v) is 2.80.